The number of aryl methyl sites for hydroxylation is 1. The van der Waals surface area contributed by atoms with Gasteiger partial charge in [0.25, 0.3) is 10.0 Å². The summed E-state index contributed by atoms with van der Waals surface area (Å²) in [5, 5.41) is 23.6. The smallest absolute Gasteiger partial charge is 0.335 e. The van der Waals surface area contributed by atoms with Crippen molar-refractivity contribution in [2.45, 2.75) is 11.8 Å². The monoisotopic (exact) mass is 409 g/mol. The van der Waals surface area contributed by atoms with Gasteiger partial charge in [0.1, 0.15) is 0 Å². The van der Waals surface area contributed by atoms with Crippen LogP contribution < -0.4 is 10.4 Å². The quantitative estimate of drug-likeness (QED) is 0.494. The van der Waals surface area contributed by atoms with Crippen molar-refractivity contribution in [3.63, 3.8) is 0 Å². The van der Waals surface area contributed by atoms with Crippen molar-refractivity contribution < 1.29 is 23.4 Å². The lowest BCUT2D eigenvalue weighted by atomic mass is 10.1. The van der Waals surface area contributed by atoms with Gasteiger partial charge in [-0.1, -0.05) is 59.8 Å². The molecular formula is C21H17N2O5S-. The molecule has 0 heterocycles. The zero-order valence-corrected chi connectivity index (χ0v) is 16.2. The van der Waals surface area contributed by atoms with Crippen LogP contribution in [-0.2, 0) is 10.0 Å². The molecule has 0 atom stereocenters. The van der Waals surface area contributed by atoms with E-state index in [1.807, 2.05) is 6.92 Å². The second-order valence-electron chi connectivity index (χ2n) is 6.24. The fourth-order valence-electron chi connectivity index (χ4n) is 2.54. The highest BCUT2D eigenvalue weighted by Crippen LogP contribution is 2.21. The molecule has 2 N–H and O–H groups in total. The Morgan fingerprint density at radius 2 is 1.66 bits per heavy atom. The predicted molar refractivity (Wildman–Crippen MR) is 108 cm³/mol. The van der Waals surface area contributed by atoms with Crippen molar-refractivity contribution in [1.29, 1.82) is 0 Å². The number of hydrogen-bond acceptors (Lipinski definition) is 4. The fourth-order valence-corrected chi connectivity index (χ4v) is 3.52. The molecule has 3 rings (SSSR count). The molecule has 0 fully saturated rings. The van der Waals surface area contributed by atoms with Gasteiger partial charge < -0.3 is 15.5 Å². The van der Waals surface area contributed by atoms with Gasteiger partial charge in [-0.15, -0.1) is 4.40 Å². The van der Waals surface area contributed by atoms with Gasteiger partial charge >= 0.3 is 5.97 Å². The molecule has 29 heavy (non-hydrogen) atoms. The van der Waals surface area contributed by atoms with E-state index in [1.165, 1.54) is 18.2 Å². The molecule has 0 unspecified atom stereocenters. The van der Waals surface area contributed by atoms with Crippen LogP contribution in [0.4, 0.5) is 5.69 Å². The number of rotatable bonds is 5. The van der Waals surface area contributed by atoms with E-state index in [2.05, 4.69) is 9.71 Å². The third-order valence-electron chi connectivity index (χ3n) is 4.05. The standard InChI is InChI=1S/C21H18N2O5S/c1-14-7-10-17(11-8-14)29(27,28)23-20(15-5-3-2-4-6-15)22-16-9-12-19(24)18(13-16)21(25)26/h2-13,24H,1H3,(H,22,23)(H,25,26)/p-1. The van der Waals surface area contributed by atoms with Crippen molar-refractivity contribution in [1.82, 2.24) is 0 Å². The fraction of sp³-hybridized carbons (Fsp3) is 0.0476. The Bertz CT molecular complexity index is 1170. The summed E-state index contributed by atoms with van der Waals surface area (Å²) < 4.78 is 29.5. The Morgan fingerprint density at radius 3 is 2.28 bits per heavy atom. The number of carbonyl (C=O) groups is 1. The van der Waals surface area contributed by atoms with Gasteiger partial charge in [-0.3, -0.25) is 0 Å². The molecule has 148 valence electrons. The highest BCUT2D eigenvalue weighted by molar-refractivity contribution is 7.90. The summed E-state index contributed by atoms with van der Waals surface area (Å²) in [5.74, 6) is -2.01. The average Bonchev–Trinajstić information content (AvgIpc) is 2.69. The number of sulfonamides is 1. The molecular weight excluding hydrogens is 392 g/mol. The van der Waals surface area contributed by atoms with Crippen LogP contribution in [-0.4, -0.2) is 25.3 Å². The Labute approximate surface area is 168 Å². The third kappa shape index (κ3) is 4.80. The number of benzene rings is 3. The first-order chi connectivity index (χ1) is 13.8. The van der Waals surface area contributed by atoms with Crippen LogP contribution in [0.3, 0.4) is 0 Å². The molecule has 3 aromatic carbocycles. The van der Waals surface area contributed by atoms with E-state index in [9.17, 15) is 18.3 Å². The second-order valence-corrected chi connectivity index (χ2v) is 7.84. The van der Waals surface area contributed by atoms with E-state index >= 15 is 0 Å². The Kier molecular flexibility index (Phi) is 5.65. The minimum Gasteiger partial charge on any atom is -0.872 e. The predicted octanol–water partition coefficient (Wildman–Crippen LogP) is 3.01. The van der Waals surface area contributed by atoms with Crippen LogP contribution in [0.25, 0.3) is 0 Å². The van der Waals surface area contributed by atoms with Crippen molar-refractivity contribution in [3.05, 3.63) is 89.5 Å². The Hall–Kier alpha value is -3.65. The van der Waals surface area contributed by atoms with Crippen LogP contribution in [0.2, 0.25) is 0 Å². The molecule has 7 nitrogen and oxygen atoms in total. The maximum Gasteiger partial charge on any atom is 0.335 e. The van der Waals surface area contributed by atoms with E-state index < -0.39 is 27.3 Å². The minimum absolute atomic E-state index is 0.00108. The number of nitrogens with zero attached hydrogens (tertiary/aromatic N) is 1. The molecule has 0 aliphatic carbocycles. The first-order valence-corrected chi connectivity index (χ1v) is 9.99. The van der Waals surface area contributed by atoms with Crippen molar-refractivity contribution in [2.24, 2.45) is 4.40 Å². The highest BCUT2D eigenvalue weighted by Gasteiger charge is 2.16. The molecule has 3 aromatic rings. The Morgan fingerprint density at radius 1 is 1.00 bits per heavy atom. The SMILES string of the molecule is Cc1ccc(S(=O)(=O)N=C(Nc2ccc([O-])c(C(=O)O)c2)c2ccccc2)cc1. The van der Waals surface area contributed by atoms with Gasteiger partial charge in [0.15, 0.2) is 5.84 Å². The number of nitrogens with one attached hydrogen (secondary N) is 1. The first kappa shape index (κ1) is 20.1. The number of aromatic carboxylic acids is 1. The lowest BCUT2D eigenvalue weighted by Gasteiger charge is -2.14. The lowest BCUT2D eigenvalue weighted by Crippen LogP contribution is -2.17. The van der Waals surface area contributed by atoms with Crippen molar-refractivity contribution in [2.75, 3.05) is 5.32 Å². The highest BCUT2D eigenvalue weighted by atomic mass is 32.2. The van der Waals surface area contributed by atoms with Crippen LogP contribution >= 0.6 is 0 Å². The van der Waals surface area contributed by atoms with Gasteiger partial charge in [0.05, 0.1) is 10.5 Å². The van der Waals surface area contributed by atoms with Gasteiger partial charge in [-0.05, 0) is 31.2 Å². The van der Waals surface area contributed by atoms with Crippen molar-refractivity contribution >= 4 is 27.5 Å². The summed E-state index contributed by atoms with van der Waals surface area (Å²) >= 11 is 0. The number of anilines is 1. The number of carboxylic acids is 1. The minimum atomic E-state index is -4.03. The molecule has 0 aliphatic rings. The number of amidine groups is 1. The van der Waals surface area contributed by atoms with Gasteiger partial charge in [0.2, 0.25) is 0 Å². The van der Waals surface area contributed by atoms with Gasteiger partial charge in [0, 0.05) is 11.3 Å². The van der Waals surface area contributed by atoms with E-state index in [4.69, 9.17) is 5.11 Å². The van der Waals surface area contributed by atoms with Crippen LogP contribution in [0.15, 0.2) is 82.1 Å². The summed E-state index contributed by atoms with van der Waals surface area (Å²) in [4.78, 5) is 11.2. The zero-order valence-electron chi connectivity index (χ0n) is 15.4. The topological polar surface area (TPSA) is 119 Å². The van der Waals surface area contributed by atoms with Gasteiger partial charge in [-0.2, -0.15) is 8.42 Å². The molecule has 8 heteroatoms. The summed E-state index contributed by atoms with van der Waals surface area (Å²) in [7, 11) is -4.03. The summed E-state index contributed by atoms with van der Waals surface area (Å²) in [5.41, 5.74) is 1.19. The number of hydrogen-bond donors (Lipinski definition) is 2. The largest absolute Gasteiger partial charge is 0.872 e. The third-order valence-corrected chi connectivity index (χ3v) is 5.34. The molecule has 0 amide bonds. The molecule has 0 saturated carbocycles. The second kappa shape index (κ2) is 8.15. The summed E-state index contributed by atoms with van der Waals surface area (Å²) in [6, 6.07) is 18.4. The molecule has 0 bridgehead atoms. The first-order valence-electron chi connectivity index (χ1n) is 8.55. The van der Waals surface area contributed by atoms with E-state index in [-0.39, 0.29) is 16.4 Å². The average molecular weight is 409 g/mol. The molecule has 0 radical (unpaired) electrons. The number of carboxylic acid groups (broad SMARTS) is 1. The molecule has 0 aliphatic heterocycles. The maximum absolute atomic E-state index is 12.8. The van der Waals surface area contributed by atoms with Crippen LogP contribution in [0.5, 0.6) is 5.75 Å². The maximum atomic E-state index is 12.8. The van der Waals surface area contributed by atoms with Crippen molar-refractivity contribution in [3.8, 4) is 5.75 Å². The van der Waals surface area contributed by atoms with Crippen LogP contribution in [0.1, 0.15) is 21.5 Å². The molecule has 0 aromatic heterocycles. The van der Waals surface area contributed by atoms with E-state index in [0.717, 1.165) is 17.7 Å². The van der Waals surface area contributed by atoms with E-state index in [1.54, 1.807) is 42.5 Å². The summed E-state index contributed by atoms with van der Waals surface area (Å²) in [6.45, 7) is 1.84. The lowest BCUT2D eigenvalue weighted by molar-refractivity contribution is -0.268. The normalized spacial score (nSPS) is 11.8. The zero-order chi connectivity index (χ0) is 21.0. The summed E-state index contributed by atoms with van der Waals surface area (Å²) in [6.07, 6.45) is 0. The van der Waals surface area contributed by atoms with Crippen LogP contribution in [0, 0.1) is 6.92 Å². The molecule has 0 spiro atoms. The van der Waals surface area contributed by atoms with Gasteiger partial charge in [-0.25, -0.2) is 4.79 Å². The Balaban J connectivity index is 2.07. The van der Waals surface area contributed by atoms with E-state index in [0.29, 0.717) is 5.56 Å². The molecule has 0 saturated heterocycles.